The lowest BCUT2D eigenvalue weighted by atomic mass is 9.89. The van der Waals surface area contributed by atoms with Gasteiger partial charge in [-0.3, -0.25) is 0 Å². The first-order valence-corrected chi connectivity index (χ1v) is 4.92. The van der Waals surface area contributed by atoms with Crippen molar-refractivity contribution in [3.63, 3.8) is 0 Å². The van der Waals surface area contributed by atoms with Crippen molar-refractivity contribution in [2.24, 2.45) is 5.73 Å². The maximum Gasteiger partial charge on any atom is 0.0882 e. The Morgan fingerprint density at radius 3 is 2.57 bits per heavy atom. The van der Waals surface area contributed by atoms with Crippen molar-refractivity contribution in [3.8, 4) is 0 Å². The van der Waals surface area contributed by atoms with Gasteiger partial charge in [0, 0.05) is 5.41 Å². The highest BCUT2D eigenvalue weighted by molar-refractivity contribution is 5.39. The summed E-state index contributed by atoms with van der Waals surface area (Å²) in [4.78, 5) is 0. The Morgan fingerprint density at radius 2 is 2.07 bits per heavy atom. The molecule has 4 N–H and O–H groups in total. The lowest BCUT2D eigenvalue weighted by molar-refractivity contribution is 0.110. The predicted molar refractivity (Wildman–Crippen MR) is 55.0 cm³/mol. The summed E-state index contributed by atoms with van der Waals surface area (Å²) in [6.07, 6.45) is 1.74. The Hall–Kier alpha value is -0.900. The number of nitrogens with one attached hydrogen (secondary N) is 1. The van der Waals surface area contributed by atoms with Crippen molar-refractivity contribution >= 4 is 0 Å². The van der Waals surface area contributed by atoms with Gasteiger partial charge in [-0.2, -0.15) is 5.48 Å². The monoisotopic (exact) mass is 192 g/mol. The van der Waals surface area contributed by atoms with Crippen molar-refractivity contribution in [2.75, 3.05) is 0 Å². The summed E-state index contributed by atoms with van der Waals surface area (Å²) in [6, 6.07) is 8.22. The number of aryl methyl sites for hydroxylation is 1. The van der Waals surface area contributed by atoms with Crippen LogP contribution >= 0.6 is 0 Å². The minimum Gasteiger partial charge on any atom is -0.315 e. The molecule has 0 radical (unpaired) electrons. The number of rotatable bonds is 3. The van der Waals surface area contributed by atoms with Gasteiger partial charge in [-0.25, -0.2) is 0 Å². The molecule has 0 heterocycles. The van der Waals surface area contributed by atoms with E-state index in [4.69, 9.17) is 10.9 Å². The predicted octanol–water partition coefficient (Wildman–Crippen LogP) is 1.29. The summed E-state index contributed by atoms with van der Waals surface area (Å²) in [7, 11) is 0. The maximum absolute atomic E-state index is 8.89. The molecule has 3 heteroatoms. The molecule has 1 aromatic carbocycles. The van der Waals surface area contributed by atoms with Crippen LogP contribution < -0.4 is 11.2 Å². The van der Waals surface area contributed by atoms with E-state index in [0.717, 1.165) is 12.8 Å². The molecule has 1 atom stereocenters. The van der Waals surface area contributed by atoms with Gasteiger partial charge in [0.05, 0.1) is 6.17 Å². The first kappa shape index (κ1) is 9.65. The third-order valence-corrected chi connectivity index (χ3v) is 3.20. The fourth-order valence-electron chi connectivity index (χ4n) is 2.14. The van der Waals surface area contributed by atoms with Crippen molar-refractivity contribution in [2.45, 2.75) is 31.3 Å². The largest absolute Gasteiger partial charge is 0.315 e. The van der Waals surface area contributed by atoms with Crippen LogP contribution in [0.3, 0.4) is 0 Å². The Bertz CT molecular complexity index is 334. The van der Waals surface area contributed by atoms with E-state index in [0.29, 0.717) is 0 Å². The van der Waals surface area contributed by atoms with Crippen LogP contribution in [0.25, 0.3) is 0 Å². The molecule has 14 heavy (non-hydrogen) atoms. The molecule has 1 aromatic rings. The van der Waals surface area contributed by atoms with Crippen molar-refractivity contribution in [1.82, 2.24) is 5.48 Å². The highest BCUT2D eigenvalue weighted by Gasteiger charge is 2.50. The summed E-state index contributed by atoms with van der Waals surface area (Å²) in [5.74, 6) is 0. The molecule has 0 spiro atoms. The van der Waals surface area contributed by atoms with Crippen molar-refractivity contribution in [3.05, 3.63) is 35.4 Å². The minimum atomic E-state index is -0.358. The second kappa shape index (κ2) is 3.35. The molecule has 1 saturated carbocycles. The second-order valence-electron chi connectivity index (χ2n) is 4.08. The highest BCUT2D eigenvalue weighted by atomic mass is 16.5. The number of hydroxylamine groups is 1. The van der Waals surface area contributed by atoms with E-state index in [2.05, 4.69) is 24.5 Å². The molecule has 1 aliphatic rings. The van der Waals surface area contributed by atoms with Crippen LogP contribution in [0, 0.1) is 6.92 Å². The maximum atomic E-state index is 8.89. The van der Waals surface area contributed by atoms with E-state index >= 15 is 0 Å². The fraction of sp³-hybridized carbons (Fsp3) is 0.455. The Balaban J connectivity index is 2.35. The van der Waals surface area contributed by atoms with Crippen molar-refractivity contribution < 1.29 is 5.21 Å². The first-order chi connectivity index (χ1) is 6.70. The lowest BCUT2D eigenvalue weighted by Gasteiger charge is -2.23. The molecule has 0 amide bonds. The average molecular weight is 192 g/mol. The number of hydrogen-bond acceptors (Lipinski definition) is 3. The zero-order valence-corrected chi connectivity index (χ0v) is 8.33. The number of nitrogens with two attached hydrogens (primary N) is 1. The van der Waals surface area contributed by atoms with Gasteiger partial charge in [-0.05, 0) is 30.9 Å². The average Bonchev–Trinajstić information content (AvgIpc) is 2.98. The molecule has 1 fully saturated rings. The van der Waals surface area contributed by atoms with E-state index in [9.17, 15) is 0 Å². The minimum absolute atomic E-state index is 0.0416. The summed E-state index contributed by atoms with van der Waals surface area (Å²) in [5.41, 5.74) is 10.5. The Morgan fingerprint density at radius 1 is 1.43 bits per heavy atom. The van der Waals surface area contributed by atoms with Gasteiger partial charge < -0.3 is 10.9 Å². The molecular weight excluding hydrogens is 176 g/mol. The van der Waals surface area contributed by atoms with E-state index in [-0.39, 0.29) is 11.6 Å². The van der Waals surface area contributed by atoms with Gasteiger partial charge in [0.2, 0.25) is 0 Å². The number of benzene rings is 1. The molecule has 3 nitrogen and oxygen atoms in total. The van der Waals surface area contributed by atoms with E-state index in [1.165, 1.54) is 11.1 Å². The summed E-state index contributed by atoms with van der Waals surface area (Å²) < 4.78 is 0. The quantitative estimate of drug-likeness (QED) is 0.499. The van der Waals surface area contributed by atoms with Gasteiger partial charge >= 0.3 is 0 Å². The molecule has 1 unspecified atom stereocenters. The highest BCUT2D eigenvalue weighted by Crippen LogP contribution is 2.50. The molecule has 0 saturated heterocycles. The van der Waals surface area contributed by atoms with Crippen LogP contribution in [0.1, 0.15) is 24.0 Å². The Kier molecular flexibility index (Phi) is 2.31. The van der Waals surface area contributed by atoms with Crippen LogP contribution in [0.2, 0.25) is 0 Å². The molecule has 0 aliphatic heterocycles. The first-order valence-electron chi connectivity index (χ1n) is 4.92. The van der Waals surface area contributed by atoms with E-state index < -0.39 is 0 Å². The molecule has 0 bridgehead atoms. The van der Waals surface area contributed by atoms with E-state index in [1.54, 1.807) is 0 Å². The lowest BCUT2D eigenvalue weighted by Crippen LogP contribution is -2.45. The van der Waals surface area contributed by atoms with Gasteiger partial charge in [0.25, 0.3) is 0 Å². The third-order valence-electron chi connectivity index (χ3n) is 3.20. The second-order valence-corrected chi connectivity index (χ2v) is 4.08. The van der Waals surface area contributed by atoms with Crippen molar-refractivity contribution in [1.29, 1.82) is 0 Å². The van der Waals surface area contributed by atoms with Crippen LogP contribution in [0.4, 0.5) is 0 Å². The fourth-order valence-corrected chi connectivity index (χ4v) is 2.14. The summed E-state index contributed by atoms with van der Waals surface area (Å²) in [6.45, 7) is 2.08. The third kappa shape index (κ3) is 1.34. The van der Waals surface area contributed by atoms with Crippen LogP contribution in [-0.4, -0.2) is 11.4 Å². The molecule has 76 valence electrons. The zero-order valence-electron chi connectivity index (χ0n) is 8.33. The normalized spacial score (nSPS) is 20.5. The number of hydrogen-bond donors (Lipinski definition) is 3. The van der Waals surface area contributed by atoms with Gasteiger partial charge in [0.1, 0.15) is 0 Å². The summed E-state index contributed by atoms with van der Waals surface area (Å²) in [5, 5.41) is 8.89. The van der Waals surface area contributed by atoms with Crippen LogP contribution in [0.15, 0.2) is 24.3 Å². The molecular formula is C11H16N2O. The Labute approximate surface area is 83.9 Å². The summed E-state index contributed by atoms with van der Waals surface area (Å²) >= 11 is 0. The smallest absolute Gasteiger partial charge is 0.0882 e. The SMILES string of the molecule is Cc1ccccc1C1(C(N)NO)CC1. The van der Waals surface area contributed by atoms with Crippen LogP contribution in [0.5, 0.6) is 0 Å². The van der Waals surface area contributed by atoms with Gasteiger partial charge in [-0.15, -0.1) is 0 Å². The zero-order chi connectivity index (χ0) is 10.2. The van der Waals surface area contributed by atoms with Crippen LogP contribution in [-0.2, 0) is 5.41 Å². The van der Waals surface area contributed by atoms with Gasteiger partial charge in [0.15, 0.2) is 0 Å². The molecule has 1 aliphatic carbocycles. The standard InChI is InChI=1S/C11H16N2O/c1-8-4-2-3-5-9(8)11(6-7-11)10(12)13-14/h2-5,10,13-14H,6-7,12H2,1H3. The van der Waals surface area contributed by atoms with Gasteiger partial charge in [-0.1, -0.05) is 24.3 Å². The molecule has 2 rings (SSSR count). The topological polar surface area (TPSA) is 58.3 Å². The molecule has 0 aromatic heterocycles. The van der Waals surface area contributed by atoms with E-state index in [1.807, 2.05) is 12.1 Å².